The van der Waals surface area contributed by atoms with Gasteiger partial charge in [0.15, 0.2) is 0 Å². The normalized spacial score (nSPS) is 28.5. The van der Waals surface area contributed by atoms with Crippen molar-refractivity contribution in [3.63, 3.8) is 0 Å². The fraction of sp³-hybridized carbons (Fsp3) is 0.500. The Morgan fingerprint density at radius 3 is 2.43 bits per heavy atom. The molecule has 2 saturated heterocycles. The van der Waals surface area contributed by atoms with E-state index in [1.807, 2.05) is 6.07 Å². The van der Waals surface area contributed by atoms with Crippen molar-refractivity contribution in [2.24, 2.45) is 0 Å². The van der Waals surface area contributed by atoms with E-state index in [0.717, 1.165) is 23.6 Å². The van der Waals surface area contributed by atoms with Crippen LogP contribution in [0.2, 0.25) is 0 Å². The minimum Gasteiger partial charge on any atom is -0.314 e. The molecule has 4 rings (SSSR count). The van der Waals surface area contributed by atoms with E-state index in [4.69, 9.17) is 0 Å². The van der Waals surface area contributed by atoms with E-state index in [1.54, 1.807) is 12.1 Å². The van der Waals surface area contributed by atoms with E-state index in [9.17, 15) is 19.2 Å². The molecule has 148 valence electrons. The van der Waals surface area contributed by atoms with Gasteiger partial charge in [-0.3, -0.25) is 34.3 Å². The van der Waals surface area contributed by atoms with Crippen molar-refractivity contribution in [3.8, 4) is 0 Å². The second kappa shape index (κ2) is 7.10. The number of amides is 4. The number of fused-ring (bicyclic) bond motifs is 1. The first-order chi connectivity index (χ1) is 13.4. The van der Waals surface area contributed by atoms with Crippen LogP contribution in [0.3, 0.4) is 0 Å². The second-order valence-electron chi connectivity index (χ2n) is 7.82. The van der Waals surface area contributed by atoms with Gasteiger partial charge in [-0.1, -0.05) is 12.1 Å². The van der Waals surface area contributed by atoms with Crippen LogP contribution in [0.5, 0.6) is 0 Å². The maximum absolute atomic E-state index is 13.2. The van der Waals surface area contributed by atoms with Gasteiger partial charge in [0.05, 0.1) is 11.1 Å². The van der Waals surface area contributed by atoms with E-state index >= 15 is 0 Å². The first kappa shape index (κ1) is 18.8. The Balaban J connectivity index is 1.64. The molecule has 1 aromatic carbocycles. The minimum atomic E-state index is -0.935. The van der Waals surface area contributed by atoms with E-state index in [1.165, 1.54) is 0 Å². The zero-order valence-corrected chi connectivity index (χ0v) is 16.0. The fourth-order valence-corrected chi connectivity index (χ4v) is 4.40. The van der Waals surface area contributed by atoms with Gasteiger partial charge in [-0.25, -0.2) is 0 Å². The standard InChI is InChI=1S/C20H24N4O4/c1-11-8-21-9-12(2)23(11)10-13-4-3-5-14-17(13)20(28)24(19(14)27)15-6-7-16(25)22-18(15)26/h3-5,11-12,15,21H,6-10H2,1-2H3,(H,22,25,26). The molecule has 0 radical (unpaired) electrons. The highest BCUT2D eigenvalue weighted by molar-refractivity contribution is 6.24. The summed E-state index contributed by atoms with van der Waals surface area (Å²) in [5, 5.41) is 5.61. The number of benzene rings is 1. The summed E-state index contributed by atoms with van der Waals surface area (Å²) in [6.45, 7) is 6.57. The number of nitrogens with one attached hydrogen (secondary N) is 2. The molecule has 4 amide bonds. The minimum absolute atomic E-state index is 0.118. The summed E-state index contributed by atoms with van der Waals surface area (Å²) in [6.07, 6.45) is 0.282. The highest BCUT2D eigenvalue weighted by atomic mass is 16.2. The molecule has 3 aliphatic heterocycles. The highest BCUT2D eigenvalue weighted by Gasteiger charge is 2.45. The molecule has 1 aromatic rings. The van der Waals surface area contributed by atoms with Crippen LogP contribution in [0, 0.1) is 0 Å². The van der Waals surface area contributed by atoms with Crippen molar-refractivity contribution >= 4 is 23.6 Å². The summed E-state index contributed by atoms with van der Waals surface area (Å²) in [5.74, 6) is -1.87. The Morgan fingerprint density at radius 1 is 1.04 bits per heavy atom. The van der Waals surface area contributed by atoms with Crippen molar-refractivity contribution in [2.75, 3.05) is 13.1 Å². The monoisotopic (exact) mass is 384 g/mol. The molecule has 3 unspecified atom stereocenters. The number of imide groups is 2. The smallest absolute Gasteiger partial charge is 0.262 e. The predicted molar refractivity (Wildman–Crippen MR) is 100 cm³/mol. The van der Waals surface area contributed by atoms with Crippen molar-refractivity contribution in [1.82, 2.24) is 20.4 Å². The van der Waals surface area contributed by atoms with Crippen molar-refractivity contribution in [3.05, 3.63) is 34.9 Å². The summed E-state index contributed by atoms with van der Waals surface area (Å²) in [7, 11) is 0. The molecule has 28 heavy (non-hydrogen) atoms. The van der Waals surface area contributed by atoms with Gasteiger partial charge in [0.2, 0.25) is 11.8 Å². The molecule has 8 nitrogen and oxygen atoms in total. The number of nitrogens with zero attached hydrogens (tertiary/aromatic N) is 2. The van der Waals surface area contributed by atoms with Crippen LogP contribution >= 0.6 is 0 Å². The Morgan fingerprint density at radius 2 is 1.75 bits per heavy atom. The molecule has 0 saturated carbocycles. The molecule has 0 aromatic heterocycles. The Bertz CT molecular complexity index is 858. The van der Waals surface area contributed by atoms with Crippen LogP contribution in [0.4, 0.5) is 0 Å². The number of hydrogen-bond acceptors (Lipinski definition) is 6. The molecule has 2 fully saturated rings. The van der Waals surface area contributed by atoms with Gasteiger partial charge >= 0.3 is 0 Å². The maximum atomic E-state index is 13.2. The first-order valence-corrected chi connectivity index (χ1v) is 9.68. The Labute approximate surface area is 163 Å². The van der Waals surface area contributed by atoms with Gasteiger partial charge in [-0.2, -0.15) is 0 Å². The Hall–Kier alpha value is -2.58. The highest BCUT2D eigenvalue weighted by Crippen LogP contribution is 2.31. The molecular weight excluding hydrogens is 360 g/mol. The largest absolute Gasteiger partial charge is 0.314 e. The first-order valence-electron chi connectivity index (χ1n) is 9.68. The lowest BCUT2D eigenvalue weighted by molar-refractivity contribution is -0.136. The van der Waals surface area contributed by atoms with Gasteiger partial charge in [0.1, 0.15) is 6.04 Å². The molecule has 2 N–H and O–H groups in total. The van der Waals surface area contributed by atoms with E-state index in [2.05, 4.69) is 29.4 Å². The van der Waals surface area contributed by atoms with Gasteiger partial charge in [-0.05, 0) is 31.9 Å². The van der Waals surface area contributed by atoms with Crippen molar-refractivity contribution in [1.29, 1.82) is 0 Å². The zero-order valence-electron chi connectivity index (χ0n) is 16.0. The Kier molecular flexibility index (Phi) is 4.76. The molecular formula is C20H24N4O4. The molecule has 3 heterocycles. The molecule has 0 spiro atoms. The third-order valence-corrected chi connectivity index (χ3v) is 5.92. The number of piperidine rings is 1. The van der Waals surface area contributed by atoms with Gasteiger partial charge in [0.25, 0.3) is 11.8 Å². The van der Waals surface area contributed by atoms with Gasteiger partial charge in [0, 0.05) is 38.1 Å². The average molecular weight is 384 g/mol. The van der Waals surface area contributed by atoms with E-state index < -0.39 is 23.8 Å². The number of rotatable bonds is 3. The molecule has 3 aliphatic rings. The van der Waals surface area contributed by atoms with Gasteiger partial charge < -0.3 is 5.32 Å². The second-order valence-corrected chi connectivity index (χ2v) is 7.82. The van der Waals surface area contributed by atoms with Crippen LogP contribution in [-0.4, -0.2) is 64.6 Å². The average Bonchev–Trinajstić information content (AvgIpc) is 2.90. The number of hydrogen-bond donors (Lipinski definition) is 2. The molecule has 0 bridgehead atoms. The third kappa shape index (κ3) is 3.02. The number of carbonyl (C=O) groups is 4. The molecule has 0 aliphatic carbocycles. The summed E-state index contributed by atoms with van der Waals surface area (Å²) in [6, 6.07) is 4.96. The summed E-state index contributed by atoms with van der Waals surface area (Å²) >= 11 is 0. The van der Waals surface area contributed by atoms with Crippen LogP contribution in [0.15, 0.2) is 18.2 Å². The van der Waals surface area contributed by atoms with Crippen LogP contribution in [0.25, 0.3) is 0 Å². The summed E-state index contributed by atoms with van der Waals surface area (Å²) in [4.78, 5) is 53.1. The quantitative estimate of drug-likeness (QED) is 0.726. The van der Waals surface area contributed by atoms with E-state index in [-0.39, 0.29) is 18.7 Å². The summed E-state index contributed by atoms with van der Waals surface area (Å²) < 4.78 is 0. The third-order valence-electron chi connectivity index (χ3n) is 5.92. The zero-order chi connectivity index (χ0) is 20.0. The SMILES string of the molecule is CC1CNCC(C)N1Cc1cccc2c1C(=O)N(C1CCC(=O)NC1=O)C2=O. The lowest BCUT2D eigenvalue weighted by Gasteiger charge is -2.39. The number of carbonyl (C=O) groups excluding carboxylic acids is 4. The number of piperazine rings is 1. The molecule has 8 heteroatoms. The lowest BCUT2D eigenvalue weighted by atomic mass is 10.00. The lowest BCUT2D eigenvalue weighted by Crippen LogP contribution is -2.54. The van der Waals surface area contributed by atoms with Gasteiger partial charge in [-0.15, -0.1) is 0 Å². The molecule has 3 atom stereocenters. The van der Waals surface area contributed by atoms with Crippen LogP contribution < -0.4 is 10.6 Å². The topological polar surface area (TPSA) is 98.8 Å². The van der Waals surface area contributed by atoms with E-state index in [0.29, 0.717) is 29.8 Å². The van der Waals surface area contributed by atoms with Crippen LogP contribution in [-0.2, 0) is 16.1 Å². The van der Waals surface area contributed by atoms with Crippen molar-refractivity contribution < 1.29 is 19.2 Å². The van der Waals surface area contributed by atoms with Crippen LogP contribution in [0.1, 0.15) is 53.0 Å². The maximum Gasteiger partial charge on any atom is 0.262 e. The summed E-state index contributed by atoms with van der Waals surface area (Å²) in [5.41, 5.74) is 1.52. The predicted octanol–water partition coefficient (Wildman–Crippen LogP) is 0.270. The fourth-order valence-electron chi connectivity index (χ4n) is 4.40. The van der Waals surface area contributed by atoms with Crippen molar-refractivity contribution in [2.45, 2.75) is 51.4 Å².